The lowest BCUT2D eigenvalue weighted by Crippen LogP contribution is -2.24. The van der Waals surface area contributed by atoms with Gasteiger partial charge in [0.25, 0.3) is 0 Å². The Kier molecular flexibility index (Phi) is 4.88. The third-order valence-corrected chi connectivity index (χ3v) is 4.03. The van der Waals surface area contributed by atoms with Crippen molar-refractivity contribution < 1.29 is 9.53 Å². The van der Waals surface area contributed by atoms with Gasteiger partial charge in [0, 0.05) is 23.0 Å². The van der Waals surface area contributed by atoms with Gasteiger partial charge in [-0.1, -0.05) is 40.9 Å². The number of benzene rings is 2. The zero-order chi connectivity index (χ0) is 17.1. The van der Waals surface area contributed by atoms with Crippen LogP contribution in [0.15, 0.2) is 61.2 Å². The SMILES string of the molecule is Cc1ccc(OC(C(=O)c2ccc(Cl)cc2Cl)n2ccnc2)cc1. The van der Waals surface area contributed by atoms with Crippen LogP contribution < -0.4 is 4.74 Å². The maximum absolute atomic E-state index is 12.9. The molecule has 3 rings (SSSR count). The van der Waals surface area contributed by atoms with Crippen LogP contribution in [0.5, 0.6) is 5.75 Å². The van der Waals surface area contributed by atoms with E-state index in [1.807, 2.05) is 31.2 Å². The highest BCUT2D eigenvalue weighted by molar-refractivity contribution is 6.36. The number of carbonyl (C=O) groups excluding carboxylic acids is 1. The molecule has 0 saturated heterocycles. The number of aromatic nitrogens is 2. The van der Waals surface area contributed by atoms with Crippen LogP contribution in [0.3, 0.4) is 0 Å². The van der Waals surface area contributed by atoms with E-state index in [2.05, 4.69) is 4.98 Å². The number of nitrogens with zero attached hydrogens (tertiary/aromatic N) is 2. The van der Waals surface area contributed by atoms with Gasteiger partial charge in [-0.2, -0.15) is 0 Å². The summed E-state index contributed by atoms with van der Waals surface area (Å²) in [5.74, 6) is 0.299. The van der Waals surface area contributed by atoms with E-state index in [-0.39, 0.29) is 10.8 Å². The van der Waals surface area contributed by atoms with Gasteiger partial charge in [-0.15, -0.1) is 0 Å². The highest BCUT2D eigenvalue weighted by atomic mass is 35.5. The minimum Gasteiger partial charge on any atom is -0.462 e. The van der Waals surface area contributed by atoms with E-state index < -0.39 is 6.23 Å². The van der Waals surface area contributed by atoms with Gasteiger partial charge in [-0.05, 0) is 37.3 Å². The average molecular weight is 361 g/mol. The van der Waals surface area contributed by atoms with Crippen molar-refractivity contribution >= 4 is 29.0 Å². The minimum atomic E-state index is -0.908. The predicted octanol–water partition coefficient (Wildman–Crippen LogP) is 4.96. The van der Waals surface area contributed by atoms with Gasteiger partial charge in [-0.3, -0.25) is 9.36 Å². The fraction of sp³-hybridized carbons (Fsp3) is 0.111. The molecule has 0 aliphatic heterocycles. The van der Waals surface area contributed by atoms with Gasteiger partial charge in [0.05, 0.1) is 11.3 Å². The molecule has 0 saturated carbocycles. The molecular weight excluding hydrogens is 347 g/mol. The molecule has 3 aromatic rings. The normalized spacial score (nSPS) is 12.0. The van der Waals surface area contributed by atoms with Crippen molar-refractivity contribution in [3.63, 3.8) is 0 Å². The van der Waals surface area contributed by atoms with Crippen LogP contribution in [0, 0.1) is 6.92 Å². The molecule has 0 bridgehead atoms. The maximum atomic E-state index is 12.9. The Balaban J connectivity index is 1.95. The summed E-state index contributed by atoms with van der Waals surface area (Å²) in [6, 6.07) is 12.2. The largest absolute Gasteiger partial charge is 0.462 e. The third kappa shape index (κ3) is 3.61. The topological polar surface area (TPSA) is 44.1 Å². The lowest BCUT2D eigenvalue weighted by Gasteiger charge is -2.20. The number of rotatable bonds is 5. The summed E-state index contributed by atoms with van der Waals surface area (Å²) in [6.07, 6.45) is 3.87. The molecular formula is C18H14Cl2N2O2. The lowest BCUT2D eigenvalue weighted by atomic mass is 10.1. The van der Waals surface area contributed by atoms with E-state index in [1.54, 1.807) is 29.1 Å². The Morgan fingerprint density at radius 1 is 1.17 bits per heavy atom. The molecule has 1 aromatic heterocycles. The second kappa shape index (κ2) is 7.07. The number of halogens is 2. The minimum absolute atomic E-state index is 0.282. The van der Waals surface area contributed by atoms with Gasteiger partial charge in [-0.25, -0.2) is 4.98 Å². The Morgan fingerprint density at radius 2 is 1.92 bits per heavy atom. The van der Waals surface area contributed by atoms with Crippen LogP contribution in [0.1, 0.15) is 22.1 Å². The number of Topliss-reactive ketones (excluding diaryl/α,β-unsaturated/α-hetero) is 1. The third-order valence-electron chi connectivity index (χ3n) is 3.49. The van der Waals surface area contributed by atoms with Crippen LogP contribution in [0.2, 0.25) is 10.0 Å². The Bertz CT molecular complexity index is 846. The summed E-state index contributed by atoms with van der Waals surface area (Å²) >= 11 is 12.1. The zero-order valence-corrected chi connectivity index (χ0v) is 14.3. The van der Waals surface area contributed by atoms with Crippen LogP contribution >= 0.6 is 23.2 Å². The number of hydrogen-bond acceptors (Lipinski definition) is 3. The number of ether oxygens (including phenoxy) is 1. The van der Waals surface area contributed by atoms with Crippen LogP contribution in [0.25, 0.3) is 0 Å². The lowest BCUT2D eigenvalue weighted by molar-refractivity contribution is 0.0653. The van der Waals surface area contributed by atoms with Crippen molar-refractivity contribution in [2.24, 2.45) is 0 Å². The molecule has 1 atom stereocenters. The van der Waals surface area contributed by atoms with Crippen molar-refractivity contribution in [2.75, 3.05) is 0 Å². The molecule has 0 amide bonds. The molecule has 1 unspecified atom stereocenters. The molecule has 6 heteroatoms. The summed E-state index contributed by atoms with van der Waals surface area (Å²) < 4.78 is 7.49. The van der Waals surface area contributed by atoms with Crippen LogP contribution in [0.4, 0.5) is 0 Å². The van der Waals surface area contributed by atoms with Crippen molar-refractivity contribution in [3.05, 3.63) is 82.4 Å². The van der Waals surface area contributed by atoms with Gasteiger partial charge in [0.2, 0.25) is 12.0 Å². The molecule has 0 fully saturated rings. The van der Waals surface area contributed by atoms with Crippen LogP contribution in [-0.4, -0.2) is 15.3 Å². The molecule has 2 aromatic carbocycles. The summed E-state index contributed by atoms with van der Waals surface area (Å²) in [4.78, 5) is 16.9. The van der Waals surface area contributed by atoms with Crippen molar-refractivity contribution in [1.29, 1.82) is 0 Å². The Labute approximate surface area is 149 Å². The molecule has 0 spiro atoms. The number of carbonyl (C=O) groups is 1. The Morgan fingerprint density at radius 3 is 2.54 bits per heavy atom. The molecule has 1 heterocycles. The van der Waals surface area contributed by atoms with E-state index >= 15 is 0 Å². The van der Waals surface area contributed by atoms with E-state index in [0.29, 0.717) is 16.3 Å². The van der Waals surface area contributed by atoms with E-state index in [9.17, 15) is 4.79 Å². The molecule has 0 radical (unpaired) electrons. The monoisotopic (exact) mass is 360 g/mol. The first kappa shape index (κ1) is 16.6. The number of imidazole rings is 1. The van der Waals surface area contributed by atoms with Crippen molar-refractivity contribution in [1.82, 2.24) is 9.55 Å². The number of aryl methyl sites for hydroxylation is 1. The summed E-state index contributed by atoms with van der Waals surface area (Å²) in [5, 5.41) is 0.750. The van der Waals surface area contributed by atoms with E-state index in [1.165, 1.54) is 12.4 Å². The number of hydrogen-bond donors (Lipinski definition) is 0. The van der Waals surface area contributed by atoms with Gasteiger partial charge in [0.15, 0.2) is 0 Å². The highest BCUT2D eigenvalue weighted by Gasteiger charge is 2.25. The summed E-state index contributed by atoms with van der Waals surface area (Å²) in [6.45, 7) is 1.98. The first-order valence-corrected chi connectivity index (χ1v) is 8.00. The molecule has 4 nitrogen and oxygen atoms in total. The Hall–Kier alpha value is -2.30. The first-order valence-electron chi connectivity index (χ1n) is 7.24. The van der Waals surface area contributed by atoms with Gasteiger partial charge < -0.3 is 4.74 Å². The molecule has 122 valence electrons. The molecule has 0 aliphatic carbocycles. The smallest absolute Gasteiger partial charge is 0.241 e. The fourth-order valence-electron chi connectivity index (χ4n) is 2.23. The second-order valence-electron chi connectivity index (χ2n) is 5.28. The van der Waals surface area contributed by atoms with Gasteiger partial charge in [0.1, 0.15) is 5.75 Å². The second-order valence-corrected chi connectivity index (χ2v) is 6.13. The predicted molar refractivity (Wildman–Crippen MR) is 93.9 cm³/mol. The molecule has 0 aliphatic rings. The molecule has 24 heavy (non-hydrogen) atoms. The van der Waals surface area contributed by atoms with Crippen molar-refractivity contribution in [3.8, 4) is 5.75 Å². The zero-order valence-electron chi connectivity index (χ0n) is 12.8. The standard InChI is InChI=1S/C18H14Cl2N2O2/c1-12-2-5-14(6-3-12)24-18(22-9-8-21-11-22)17(23)15-7-4-13(19)10-16(15)20/h2-11,18H,1H3. The van der Waals surface area contributed by atoms with E-state index in [0.717, 1.165) is 5.56 Å². The fourth-order valence-corrected chi connectivity index (χ4v) is 2.73. The average Bonchev–Trinajstić information content (AvgIpc) is 3.08. The maximum Gasteiger partial charge on any atom is 0.241 e. The van der Waals surface area contributed by atoms with Crippen LogP contribution in [-0.2, 0) is 0 Å². The summed E-state index contributed by atoms with van der Waals surface area (Å²) in [5.41, 5.74) is 1.44. The quantitative estimate of drug-likeness (QED) is 0.604. The van der Waals surface area contributed by atoms with Gasteiger partial charge >= 0.3 is 0 Å². The summed E-state index contributed by atoms with van der Waals surface area (Å²) in [7, 11) is 0. The first-order chi connectivity index (χ1) is 11.5. The van der Waals surface area contributed by atoms with E-state index in [4.69, 9.17) is 27.9 Å². The number of ketones is 1. The molecule has 0 N–H and O–H groups in total. The highest BCUT2D eigenvalue weighted by Crippen LogP contribution is 2.27. The van der Waals surface area contributed by atoms with Crippen molar-refractivity contribution in [2.45, 2.75) is 13.2 Å².